The minimum absolute atomic E-state index is 0.173. The Morgan fingerprint density at radius 1 is 1.00 bits per heavy atom. The van der Waals surface area contributed by atoms with Crippen molar-refractivity contribution in [1.82, 2.24) is 9.97 Å². The highest BCUT2D eigenvalue weighted by atomic mass is 35.5. The number of amides is 1. The summed E-state index contributed by atoms with van der Waals surface area (Å²) >= 11 is 12.6. The largest absolute Gasteiger partial charge is 0.364 e. The van der Waals surface area contributed by atoms with Crippen molar-refractivity contribution in [1.29, 1.82) is 0 Å². The Labute approximate surface area is 197 Å². The molecule has 1 aromatic heterocycles. The summed E-state index contributed by atoms with van der Waals surface area (Å²) in [6, 6.07) is 14.1. The van der Waals surface area contributed by atoms with E-state index in [-0.39, 0.29) is 5.69 Å². The third kappa shape index (κ3) is 3.63. The molecule has 7 heteroatoms. The standard InChI is InChI=1S/C25H24Cl2N4O/c1-15-21(18-7-4-8-19(26)20(18)27)30-22(23(28)32)24(29-15)31-11-9-25(10-12-31)13-16-5-2-3-6-17(16)14-25/h2-8H,9-14H2,1H3,(H2,28,32). The number of aryl methyl sites for hydroxylation is 1. The van der Waals surface area contributed by atoms with Crippen molar-refractivity contribution in [3.63, 3.8) is 0 Å². The molecule has 1 amide bonds. The summed E-state index contributed by atoms with van der Waals surface area (Å²) in [5, 5.41) is 0.810. The molecule has 0 atom stereocenters. The molecule has 1 spiro atoms. The van der Waals surface area contributed by atoms with Crippen molar-refractivity contribution < 1.29 is 4.79 Å². The van der Waals surface area contributed by atoms with Crippen molar-refractivity contribution in [2.45, 2.75) is 32.6 Å². The van der Waals surface area contributed by atoms with Crippen molar-refractivity contribution in [2.75, 3.05) is 18.0 Å². The van der Waals surface area contributed by atoms with Gasteiger partial charge in [0.05, 0.1) is 21.4 Å². The number of fused-ring (bicyclic) bond motifs is 1. The van der Waals surface area contributed by atoms with Crippen molar-refractivity contribution in [3.05, 3.63) is 75.0 Å². The number of anilines is 1. The molecule has 5 rings (SSSR count). The predicted molar refractivity (Wildman–Crippen MR) is 128 cm³/mol. The van der Waals surface area contributed by atoms with E-state index in [1.165, 1.54) is 11.1 Å². The van der Waals surface area contributed by atoms with E-state index in [1.54, 1.807) is 12.1 Å². The maximum Gasteiger partial charge on any atom is 0.271 e. The second-order valence-corrected chi connectivity index (χ2v) is 9.69. The van der Waals surface area contributed by atoms with Gasteiger partial charge in [-0.1, -0.05) is 59.6 Å². The fourth-order valence-electron chi connectivity index (χ4n) is 5.15. The van der Waals surface area contributed by atoms with Crippen LogP contribution in [0.4, 0.5) is 5.82 Å². The van der Waals surface area contributed by atoms with E-state index in [4.69, 9.17) is 33.9 Å². The SMILES string of the molecule is Cc1nc(N2CCC3(CC2)Cc2ccccc2C3)c(C(N)=O)nc1-c1cccc(Cl)c1Cl. The number of primary amides is 1. The van der Waals surface area contributed by atoms with Gasteiger partial charge in [0.2, 0.25) is 0 Å². The number of carbonyl (C=O) groups excluding carboxylic acids is 1. The summed E-state index contributed by atoms with van der Waals surface area (Å²) in [6.45, 7) is 3.51. The Hall–Kier alpha value is -2.63. The molecular formula is C25H24Cl2N4O. The number of hydrogen-bond donors (Lipinski definition) is 1. The Morgan fingerprint density at radius 3 is 2.28 bits per heavy atom. The molecule has 0 saturated carbocycles. The number of benzene rings is 2. The normalized spacial score (nSPS) is 16.9. The van der Waals surface area contributed by atoms with Crippen LogP contribution in [0.25, 0.3) is 11.3 Å². The first-order valence-corrected chi connectivity index (χ1v) is 11.6. The van der Waals surface area contributed by atoms with Gasteiger partial charge in [-0.2, -0.15) is 0 Å². The second-order valence-electron chi connectivity index (χ2n) is 8.90. The number of rotatable bonds is 3. The second kappa shape index (κ2) is 8.05. The van der Waals surface area contributed by atoms with E-state index in [2.05, 4.69) is 34.1 Å². The van der Waals surface area contributed by atoms with Crippen LogP contribution in [0.2, 0.25) is 10.0 Å². The first kappa shape index (κ1) is 21.2. The Morgan fingerprint density at radius 2 is 1.66 bits per heavy atom. The van der Waals surface area contributed by atoms with Crippen LogP contribution in [0.15, 0.2) is 42.5 Å². The van der Waals surface area contributed by atoms with Gasteiger partial charge in [-0.05, 0) is 55.2 Å². The highest BCUT2D eigenvalue weighted by molar-refractivity contribution is 6.43. The molecule has 1 aliphatic heterocycles. The molecule has 0 unspecified atom stereocenters. The van der Waals surface area contributed by atoms with Crippen LogP contribution in [0.1, 0.15) is 40.2 Å². The lowest BCUT2D eigenvalue weighted by molar-refractivity contribution is 0.0995. The molecule has 3 aromatic rings. The fourth-order valence-corrected chi connectivity index (χ4v) is 5.54. The van der Waals surface area contributed by atoms with Gasteiger partial charge in [0.25, 0.3) is 5.91 Å². The summed E-state index contributed by atoms with van der Waals surface area (Å²) in [6.07, 6.45) is 4.33. The first-order valence-electron chi connectivity index (χ1n) is 10.8. The average molecular weight is 467 g/mol. The summed E-state index contributed by atoms with van der Waals surface area (Å²) < 4.78 is 0. The fraction of sp³-hybridized carbons (Fsp3) is 0.320. The molecular weight excluding hydrogens is 443 g/mol. The maximum absolute atomic E-state index is 12.3. The quantitative estimate of drug-likeness (QED) is 0.572. The third-order valence-electron chi connectivity index (χ3n) is 6.86. The average Bonchev–Trinajstić information content (AvgIpc) is 3.13. The lowest BCUT2D eigenvalue weighted by Gasteiger charge is -2.40. The molecule has 32 heavy (non-hydrogen) atoms. The lowest BCUT2D eigenvalue weighted by Crippen LogP contribution is -2.42. The Kier molecular flexibility index (Phi) is 5.34. The van der Waals surface area contributed by atoms with Crippen LogP contribution in [0.5, 0.6) is 0 Å². The number of nitrogens with two attached hydrogens (primary N) is 1. The van der Waals surface area contributed by atoms with E-state index in [1.807, 2.05) is 13.0 Å². The topological polar surface area (TPSA) is 72.1 Å². The summed E-state index contributed by atoms with van der Waals surface area (Å²) in [4.78, 5) is 23.9. The molecule has 2 N–H and O–H groups in total. The van der Waals surface area contributed by atoms with Crippen LogP contribution in [0.3, 0.4) is 0 Å². The zero-order valence-electron chi connectivity index (χ0n) is 17.9. The van der Waals surface area contributed by atoms with Crippen LogP contribution in [0, 0.1) is 12.3 Å². The summed E-state index contributed by atoms with van der Waals surface area (Å²) in [5.41, 5.74) is 11.0. The molecule has 0 bridgehead atoms. The van der Waals surface area contributed by atoms with Crippen molar-refractivity contribution >= 4 is 34.9 Å². The number of piperidine rings is 1. The predicted octanol–water partition coefficient (Wildman–Crippen LogP) is 5.24. The highest BCUT2D eigenvalue weighted by Crippen LogP contribution is 2.45. The third-order valence-corrected chi connectivity index (χ3v) is 7.68. The zero-order valence-corrected chi connectivity index (χ0v) is 19.4. The molecule has 0 radical (unpaired) electrons. The minimum Gasteiger partial charge on any atom is -0.364 e. The smallest absolute Gasteiger partial charge is 0.271 e. The molecule has 164 valence electrons. The zero-order chi connectivity index (χ0) is 22.5. The van der Waals surface area contributed by atoms with Crippen LogP contribution in [-0.2, 0) is 12.8 Å². The molecule has 1 fully saturated rings. The van der Waals surface area contributed by atoms with Gasteiger partial charge in [0.15, 0.2) is 11.5 Å². The molecule has 1 aliphatic carbocycles. The van der Waals surface area contributed by atoms with Gasteiger partial charge < -0.3 is 10.6 Å². The van der Waals surface area contributed by atoms with Gasteiger partial charge >= 0.3 is 0 Å². The number of carbonyl (C=O) groups is 1. The van der Waals surface area contributed by atoms with Crippen LogP contribution >= 0.6 is 23.2 Å². The van der Waals surface area contributed by atoms with Gasteiger partial charge in [-0.25, -0.2) is 9.97 Å². The van der Waals surface area contributed by atoms with Gasteiger partial charge in [-0.15, -0.1) is 0 Å². The summed E-state index contributed by atoms with van der Waals surface area (Å²) in [5.74, 6) is -0.0391. The monoisotopic (exact) mass is 466 g/mol. The highest BCUT2D eigenvalue weighted by Gasteiger charge is 2.40. The molecule has 2 aliphatic rings. The maximum atomic E-state index is 12.3. The van der Waals surface area contributed by atoms with Crippen molar-refractivity contribution in [3.8, 4) is 11.3 Å². The number of aromatic nitrogens is 2. The summed E-state index contributed by atoms with van der Waals surface area (Å²) in [7, 11) is 0. The molecule has 2 aromatic carbocycles. The van der Waals surface area contributed by atoms with E-state index in [9.17, 15) is 4.79 Å². The van der Waals surface area contributed by atoms with E-state index >= 15 is 0 Å². The first-order chi connectivity index (χ1) is 15.4. The number of hydrogen-bond acceptors (Lipinski definition) is 4. The minimum atomic E-state index is -0.597. The van der Waals surface area contributed by atoms with Gasteiger partial charge in [0.1, 0.15) is 0 Å². The Balaban J connectivity index is 1.44. The van der Waals surface area contributed by atoms with Gasteiger partial charge in [0, 0.05) is 18.7 Å². The van der Waals surface area contributed by atoms with Crippen LogP contribution in [-0.4, -0.2) is 29.0 Å². The molecule has 1 saturated heterocycles. The molecule has 5 nitrogen and oxygen atoms in total. The van der Waals surface area contributed by atoms with Crippen LogP contribution < -0.4 is 10.6 Å². The Bertz CT molecular complexity index is 1190. The van der Waals surface area contributed by atoms with E-state index in [0.29, 0.717) is 38.2 Å². The number of halogens is 2. The lowest BCUT2D eigenvalue weighted by atomic mass is 9.76. The van der Waals surface area contributed by atoms with E-state index in [0.717, 1.165) is 38.8 Å². The molecule has 2 heterocycles. The van der Waals surface area contributed by atoms with E-state index < -0.39 is 5.91 Å². The van der Waals surface area contributed by atoms with Gasteiger partial charge in [-0.3, -0.25) is 4.79 Å². The number of nitrogens with zero attached hydrogens (tertiary/aromatic N) is 3. The van der Waals surface area contributed by atoms with Crippen molar-refractivity contribution in [2.24, 2.45) is 11.1 Å².